The molecule has 1 aromatic rings. The van der Waals surface area contributed by atoms with Crippen LogP contribution in [0.15, 0.2) is 23.1 Å². The van der Waals surface area contributed by atoms with E-state index in [4.69, 9.17) is 15.4 Å². The average Bonchev–Trinajstić information content (AvgIpc) is 2.84. The van der Waals surface area contributed by atoms with E-state index < -0.39 is 26.9 Å². The molecule has 1 aliphatic heterocycles. The lowest BCUT2D eigenvalue weighted by molar-refractivity contribution is -0.124. The Kier molecular flexibility index (Phi) is 4.07. The highest BCUT2D eigenvalue weighted by Crippen LogP contribution is 2.22. The maximum Gasteiger partial charge on any atom is 0.261 e. The van der Waals surface area contributed by atoms with Crippen molar-refractivity contribution >= 4 is 31.3 Å². The van der Waals surface area contributed by atoms with Gasteiger partial charge < -0.3 is 10.1 Å². The van der Waals surface area contributed by atoms with Crippen LogP contribution in [0.2, 0.25) is 0 Å². The van der Waals surface area contributed by atoms with Crippen molar-refractivity contribution in [2.24, 2.45) is 0 Å². The molecule has 19 heavy (non-hydrogen) atoms. The van der Waals surface area contributed by atoms with Crippen LogP contribution in [0.25, 0.3) is 0 Å². The van der Waals surface area contributed by atoms with Crippen molar-refractivity contribution in [2.45, 2.75) is 23.8 Å². The van der Waals surface area contributed by atoms with Crippen LogP contribution in [0.5, 0.6) is 0 Å². The number of ether oxygens (including phenoxy) is 1. The molecule has 0 saturated carbocycles. The number of benzene rings is 1. The van der Waals surface area contributed by atoms with Gasteiger partial charge in [-0.25, -0.2) is 12.8 Å². The normalized spacial score (nSPS) is 19.4. The molecule has 0 radical (unpaired) electrons. The minimum absolute atomic E-state index is 0.107. The number of amides is 1. The maximum atomic E-state index is 13.6. The fraction of sp³-hybridized carbons (Fsp3) is 0.364. The monoisotopic (exact) mass is 307 g/mol. The average molecular weight is 308 g/mol. The van der Waals surface area contributed by atoms with Crippen molar-refractivity contribution in [3.05, 3.63) is 24.0 Å². The lowest BCUT2D eigenvalue weighted by Crippen LogP contribution is -2.27. The first-order chi connectivity index (χ1) is 8.88. The molecule has 1 atom stereocenters. The lowest BCUT2D eigenvalue weighted by Gasteiger charge is -2.11. The smallest absolute Gasteiger partial charge is 0.261 e. The molecule has 1 saturated heterocycles. The van der Waals surface area contributed by atoms with E-state index in [0.29, 0.717) is 13.0 Å². The summed E-state index contributed by atoms with van der Waals surface area (Å²) in [5, 5.41) is 2.35. The highest BCUT2D eigenvalue weighted by Gasteiger charge is 2.24. The van der Waals surface area contributed by atoms with Gasteiger partial charge in [-0.05, 0) is 31.0 Å². The number of halogens is 2. The maximum absolute atomic E-state index is 13.6. The highest BCUT2D eigenvalue weighted by atomic mass is 35.7. The Labute approximate surface area is 114 Å². The third kappa shape index (κ3) is 3.43. The summed E-state index contributed by atoms with van der Waals surface area (Å²) in [5.41, 5.74) is -0.107. The number of hydrogen-bond donors (Lipinski definition) is 1. The Morgan fingerprint density at radius 2 is 2.21 bits per heavy atom. The first kappa shape index (κ1) is 14.2. The molecule has 1 aromatic carbocycles. The Morgan fingerprint density at radius 3 is 2.74 bits per heavy atom. The molecule has 0 bridgehead atoms. The van der Waals surface area contributed by atoms with E-state index >= 15 is 0 Å². The number of carbonyl (C=O) groups is 1. The molecule has 1 heterocycles. The van der Waals surface area contributed by atoms with Gasteiger partial charge in [-0.15, -0.1) is 0 Å². The molecule has 1 unspecified atom stereocenters. The fourth-order valence-corrected chi connectivity index (χ4v) is 2.51. The van der Waals surface area contributed by atoms with Gasteiger partial charge in [0.2, 0.25) is 0 Å². The Balaban J connectivity index is 2.15. The van der Waals surface area contributed by atoms with Gasteiger partial charge >= 0.3 is 0 Å². The first-order valence-corrected chi connectivity index (χ1v) is 7.85. The van der Waals surface area contributed by atoms with E-state index in [-0.39, 0.29) is 10.6 Å². The number of rotatable bonds is 3. The Hall–Kier alpha value is -1.18. The predicted molar refractivity (Wildman–Crippen MR) is 67.0 cm³/mol. The molecule has 1 fully saturated rings. The zero-order valence-electron chi connectivity index (χ0n) is 9.73. The number of hydrogen-bond acceptors (Lipinski definition) is 4. The summed E-state index contributed by atoms with van der Waals surface area (Å²) in [4.78, 5) is 11.3. The SMILES string of the molecule is O=C(Nc1ccc(S(=O)(=O)Cl)cc1F)C1CCCO1. The summed E-state index contributed by atoms with van der Waals surface area (Å²) in [7, 11) is 1.10. The zero-order chi connectivity index (χ0) is 14.0. The lowest BCUT2D eigenvalue weighted by atomic mass is 10.2. The van der Waals surface area contributed by atoms with E-state index in [0.717, 1.165) is 24.6 Å². The molecule has 1 amide bonds. The third-order valence-electron chi connectivity index (χ3n) is 2.70. The van der Waals surface area contributed by atoms with Gasteiger partial charge in [0, 0.05) is 17.3 Å². The van der Waals surface area contributed by atoms with Crippen LogP contribution in [0.1, 0.15) is 12.8 Å². The Morgan fingerprint density at radius 1 is 1.47 bits per heavy atom. The van der Waals surface area contributed by atoms with Gasteiger partial charge in [-0.3, -0.25) is 4.79 Å². The summed E-state index contributed by atoms with van der Waals surface area (Å²) >= 11 is 0. The molecule has 1 aliphatic rings. The summed E-state index contributed by atoms with van der Waals surface area (Å²) in [6.07, 6.45) is 0.779. The molecule has 0 aliphatic carbocycles. The fourth-order valence-electron chi connectivity index (χ4n) is 1.75. The molecular formula is C11H11ClFNO4S. The van der Waals surface area contributed by atoms with E-state index in [1.54, 1.807) is 0 Å². The Bertz CT molecular complexity index is 599. The zero-order valence-corrected chi connectivity index (χ0v) is 11.3. The first-order valence-electron chi connectivity index (χ1n) is 5.54. The van der Waals surface area contributed by atoms with E-state index in [2.05, 4.69) is 5.32 Å². The van der Waals surface area contributed by atoms with Crippen molar-refractivity contribution < 1.29 is 22.3 Å². The molecule has 1 N–H and O–H groups in total. The third-order valence-corrected chi connectivity index (χ3v) is 4.05. The van der Waals surface area contributed by atoms with Crippen LogP contribution in [0, 0.1) is 5.82 Å². The molecule has 5 nitrogen and oxygen atoms in total. The standard InChI is InChI=1S/C11H11ClFNO4S/c12-19(16,17)7-3-4-9(8(13)6-7)14-11(15)10-2-1-5-18-10/h3-4,6,10H,1-2,5H2,(H,14,15). The molecule has 0 spiro atoms. The topological polar surface area (TPSA) is 72.5 Å². The number of carbonyl (C=O) groups excluding carboxylic acids is 1. The van der Waals surface area contributed by atoms with Gasteiger partial charge in [0.1, 0.15) is 11.9 Å². The second-order valence-electron chi connectivity index (χ2n) is 4.07. The van der Waals surface area contributed by atoms with Crippen LogP contribution in [-0.4, -0.2) is 27.0 Å². The second-order valence-corrected chi connectivity index (χ2v) is 6.64. The summed E-state index contributed by atoms with van der Waals surface area (Å²) in [6.45, 7) is 0.504. The van der Waals surface area contributed by atoms with Crippen LogP contribution in [0.4, 0.5) is 10.1 Å². The van der Waals surface area contributed by atoms with E-state index in [9.17, 15) is 17.6 Å². The summed E-state index contributed by atoms with van der Waals surface area (Å²) in [6, 6.07) is 3.03. The van der Waals surface area contributed by atoms with Gasteiger partial charge in [0.25, 0.3) is 15.0 Å². The van der Waals surface area contributed by atoms with Crippen LogP contribution in [-0.2, 0) is 18.6 Å². The van der Waals surface area contributed by atoms with Crippen molar-refractivity contribution in [2.75, 3.05) is 11.9 Å². The second kappa shape index (κ2) is 5.44. The molecular weight excluding hydrogens is 297 g/mol. The van der Waals surface area contributed by atoms with Crippen LogP contribution < -0.4 is 5.32 Å². The number of anilines is 1. The van der Waals surface area contributed by atoms with Crippen molar-refractivity contribution in [3.8, 4) is 0 Å². The van der Waals surface area contributed by atoms with Gasteiger partial charge in [0.05, 0.1) is 10.6 Å². The minimum atomic E-state index is -3.99. The summed E-state index contributed by atoms with van der Waals surface area (Å²) in [5.74, 6) is -1.31. The quantitative estimate of drug-likeness (QED) is 0.865. The van der Waals surface area contributed by atoms with Crippen LogP contribution in [0.3, 0.4) is 0 Å². The minimum Gasteiger partial charge on any atom is -0.368 e. The van der Waals surface area contributed by atoms with Gasteiger partial charge in [-0.2, -0.15) is 0 Å². The van der Waals surface area contributed by atoms with E-state index in [1.165, 1.54) is 0 Å². The predicted octanol–water partition coefficient (Wildman–Crippen LogP) is 1.87. The number of nitrogens with one attached hydrogen (secondary N) is 1. The largest absolute Gasteiger partial charge is 0.368 e. The molecule has 8 heteroatoms. The molecule has 0 aromatic heterocycles. The van der Waals surface area contributed by atoms with Gasteiger partial charge in [-0.1, -0.05) is 0 Å². The summed E-state index contributed by atoms with van der Waals surface area (Å²) < 4.78 is 40.8. The molecule has 104 valence electrons. The van der Waals surface area contributed by atoms with E-state index in [1.807, 2.05) is 0 Å². The van der Waals surface area contributed by atoms with Crippen molar-refractivity contribution in [3.63, 3.8) is 0 Å². The highest BCUT2D eigenvalue weighted by molar-refractivity contribution is 8.13. The van der Waals surface area contributed by atoms with Gasteiger partial charge in [0.15, 0.2) is 0 Å². The molecule has 2 rings (SSSR count). The van der Waals surface area contributed by atoms with Crippen LogP contribution >= 0.6 is 10.7 Å². The van der Waals surface area contributed by atoms with Crippen molar-refractivity contribution in [1.29, 1.82) is 0 Å². The van der Waals surface area contributed by atoms with Crippen molar-refractivity contribution in [1.82, 2.24) is 0 Å².